The first-order valence-corrected chi connectivity index (χ1v) is 9.58. The Hall–Kier alpha value is -1.65. The number of amides is 1. The zero-order chi connectivity index (χ0) is 16.9. The topological polar surface area (TPSA) is 49.3 Å². The summed E-state index contributed by atoms with van der Waals surface area (Å²) >= 11 is 0. The first-order valence-electron chi connectivity index (χ1n) is 9.58. The second-order valence-corrected chi connectivity index (χ2v) is 7.09. The van der Waals surface area contributed by atoms with Crippen molar-refractivity contribution in [1.29, 1.82) is 0 Å². The van der Waals surface area contributed by atoms with Crippen LogP contribution in [0.15, 0.2) is 0 Å². The third-order valence-corrected chi connectivity index (χ3v) is 5.15. The SMILES string of the molecule is CCCCCC(=O)N1CCc2nc(C)nc(N3CCCCC3)c2C1. The van der Waals surface area contributed by atoms with Gasteiger partial charge in [0.05, 0.1) is 12.2 Å². The third kappa shape index (κ3) is 3.87. The van der Waals surface area contributed by atoms with E-state index in [9.17, 15) is 4.79 Å². The molecular weight excluding hydrogens is 300 g/mol. The van der Waals surface area contributed by atoms with Gasteiger partial charge in [-0.1, -0.05) is 19.8 Å². The van der Waals surface area contributed by atoms with E-state index in [1.807, 2.05) is 11.8 Å². The Labute approximate surface area is 145 Å². The van der Waals surface area contributed by atoms with Crippen molar-refractivity contribution in [2.24, 2.45) is 0 Å². The summed E-state index contributed by atoms with van der Waals surface area (Å²) in [4.78, 5) is 26.4. The van der Waals surface area contributed by atoms with Crippen LogP contribution in [0.1, 0.15) is 69.0 Å². The number of hydrogen-bond acceptors (Lipinski definition) is 4. The zero-order valence-electron chi connectivity index (χ0n) is 15.2. The molecule has 5 nitrogen and oxygen atoms in total. The summed E-state index contributed by atoms with van der Waals surface area (Å²) in [5, 5.41) is 0. The van der Waals surface area contributed by atoms with Gasteiger partial charge in [0, 0.05) is 38.0 Å². The Morgan fingerprint density at radius 3 is 2.62 bits per heavy atom. The van der Waals surface area contributed by atoms with Crippen LogP contribution in [0.2, 0.25) is 0 Å². The molecule has 132 valence electrons. The molecule has 24 heavy (non-hydrogen) atoms. The fourth-order valence-electron chi connectivity index (χ4n) is 3.78. The molecule has 1 amide bonds. The van der Waals surface area contributed by atoms with E-state index in [-0.39, 0.29) is 0 Å². The van der Waals surface area contributed by atoms with Crippen molar-refractivity contribution in [2.75, 3.05) is 24.5 Å². The highest BCUT2D eigenvalue weighted by Gasteiger charge is 2.27. The minimum absolute atomic E-state index is 0.291. The minimum Gasteiger partial charge on any atom is -0.356 e. The zero-order valence-corrected chi connectivity index (χ0v) is 15.2. The fourth-order valence-corrected chi connectivity index (χ4v) is 3.78. The van der Waals surface area contributed by atoms with Gasteiger partial charge in [0.2, 0.25) is 5.91 Å². The van der Waals surface area contributed by atoms with Crippen LogP contribution in [0, 0.1) is 6.92 Å². The summed E-state index contributed by atoms with van der Waals surface area (Å²) in [5.74, 6) is 2.24. The van der Waals surface area contributed by atoms with Crippen molar-refractivity contribution < 1.29 is 4.79 Å². The van der Waals surface area contributed by atoms with Crippen LogP contribution in [-0.2, 0) is 17.8 Å². The molecule has 0 spiro atoms. The average Bonchev–Trinajstić information content (AvgIpc) is 2.61. The van der Waals surface area contributed by atoms with Gasteiger partial charge >= 0.3 is 0 Å². The third-order valence-electron chi connectivity index (χ3n) is 5.15. The molecule has 0 radical (unpaired) electrons. The van der Waals surface area contributed by atoms with E-state index in [1.54, 1.807) is 0 Å². The number of anilines is 1. The number of hydrogen-bond donors (Lipinski definition) is 0. The monoisotopic (exact) mass is 330 g/mol. The molecule has 2 aliphatic heterocycles. The van der Waals surface area contributed by atoms with Crippen LogP contribution in [0.3, 0.4) is 0 Å². The largest absolute Gasteiger partial charge is 0.356 e. The standard InChI is InChI=1S/C19H30N4O/c1-3-4-6-9-18(24)23-13-10-17-16(14-23)19(21-15(2)20-17)22-11-7-5-8-12-22/h3-14H2,1-2H3. The van der Waals surface area contributed by atoms with Gasteiger partial charge in [0.25, 0.3) is 0 Å². The maximum absolute atomic E-state index is 12.5. The highest BCUT2D eigenvalue weighted by molar-refractivity contribution is 5.76. The van der Waals surface area contributed by atoms with E-state index in [0.29, 0.717) is 18.9 Å². The second-order valence-electron chi connectivity index (χ2n) is 7.09. The molecule has 3 heterocycles. The Bertz CT molecular complexity index is 581. The number of nitrogens with zero attached hydrogens (tertiary/aromatic N) is 4. The van der Waals surface area contributed by atoms with Gasteiger partial charge in [-0.15, -0.1) is 0 Å². The average molecular weight is 330 g/mol. The predicted octanol–water partition coefficient (Wildman–Crippen LogP) is 3.24. The number of piperidine rings is 1. The summed E-state index contributed by atoms with van der Waals surface area (Å²) in [6.45, 7) is 7.79. The number of rotatable bonds is 5. The van der Waals surface area contributed by atoms with Gasteiger partial charge in [0.1, 0.15) is 11.6 Å². The summed E-state index contributed by atoms with van der Waals surface area (Å²) < 4.78 is 0. The minimum atomic E-state index is 0.291. The van der Waals surface area contributed by atoms with Crippen molar-refractivity contribution in [3.63, 3.8) is 0 Å². The van der Waals surface area contributed by atoms with E-state index >= 15 is 0 Å². The number of carbonyl (C=O) groups excluding carboxylic acids is 1. The lowest BCUT2D eigenvalue weighted by Gasteiger charge is -2.34. The second kappa shape index (κ2) is 7.95. The molecule has 0 saturated carbocycles. The summed E-state index contributed by atoms with van der Waals surface area (Å²) in [6.07, 6.45) is 8.61. The molecule has 1 fully saturated rings. The quantitative estimate of drug-likeness (QED) is 0.778. The van der Waals surface area contributed by atoms with Crippen molar-refractivity contribution in [2.45, 2.75) is 71.8 Å². The molecule has 3 rings (SSSR count). The van der Waals surface area contributed by atoms with Crippen molar-refractivity contribution in [3.8, 4) is 0 Å². The molecule has 0 aliphatic carbocycles. The lowest BCUT2D eigenvalue weighted by atomic mass is 10.0. The summed E-state index contributed by atoms with van der Waals surface area (Å²) in [6, 6.07) is 0. The number of unbranched alkanes of at least 4 members (excludes halogenated alkanes) is 2. The Balaban J connectivity index is 1.77. The van der Waals surface area contributed by atoms with Gasteiger partial charge in [-0.25, -0.2) is 9.97 Å². The molecule has 0 unspecified atom stereocenters. The van der Waals surface area contributed by atoms with E-state index in [0.717, 1.165) is 62.7 Å². The smallest absolute Gasteiger partial charge is 0.222 e. The van der Waals surface area contributed by atoms with Crippen LogP contribution in [0.5, 0.6) is 0 Å². The summed E-state index contributed by atoms with van der Waals surface area (Å²) in [5.41, 5.74) is 2.35. The highest BCUT2D eigenvalue weighted by atomic mass is 16.2. The van der Waals surface area contributed by atoms with E-state index in [4.69, 9.17) is 4.98 Å². The van der Waals surface area contributed by atoms with E-state index in [2.05, 4.69) is 16.8 Å². The van der Waals surface area contributed by atoms with Gasteiger partial charge in [-0.2, -0.15) is 0 Å². The van der Waals surface area contributed by atoms with Crippen molar-refractivity contribution in [3.05, 3.63) is 17.1 Å². The Morgan fingerprint density at radius 2 is 1.88 bits per heavy atom. The van der Waals surface area contributed by atoms with Gasteiger partial charge in [-0.3, -0.25) is 4.79 Å². The number of fused-ring (bicyclic) bond motifs is 1. The maximum Gasteiger partial charge on any atom is 0.222 e. The molecule has 1 saturated heterocycles. The van der Waals surface area contributed by atoms with Crippen LogP contribution in [0.25, 0.3) is 0 Å². The fraction of sp³-hybridized carbons (Fsp3) is 0.737. The van der Waals surface area contributed by atoms with Crippen LogP contribution < -0.4 is 4.90 Å². The highest BCUT2D eigenvalue weighted by Crippen LogP contribution is 2.29. The number of aryl methyl sites for hydroxylation is 1. The van der Waals surface area contributed by atoms with Crippen LogP contribution in [-0.4, -0.2) is 40.4 Å². The molecule has 0 aromatic carbocycles. The van der Waals surface area contributed by atoms with E-state index in [1.165, 1.54) is 24.8 Å². The van der Waals surface area contributed by atoms with Crippen molar-refractivity contribution >= 4 is 11.7 Å². The Morgan fingerprint density at radius 1 is 1.08 bits per heavy atom. The molecule has 1 aromatic rings. The molecule has 2 aliphatic rings. The first-order chi connectivity index (χ1) is 11.7. The van der Waals surface area contributed by atoms with Gasteiger partial charge < -0.3 is 9.80 Å². The summed E-state index contributed by atoms with van der Waals surface area (Å²) in [7, 11) is 0. The van der Waals surface area contributed by atoms with E-state index < -0.39 is 0 Å². The predicted molar refractivity (Wildman–Crippen MR) is 96.1 cm³/mol. The molecule has 0 atom stereocenters. The van der Waals surface area contributed by atoms with Crippen molar-refractivity contribution in [1.82, 2.24) is 14.9 Å². The maximum atomic E-state index is 12.5. The molecule has 0 N–H and O–H groups in total. The molecule has 1 aromatic heterocycles. The lowest BCUT2D eigenvalue weighted by molar-refractivity contribution is -0.132. The van der Waals surface area contributed by atoms with Crippen LogP contribution >= 0.6 is 0 Å². The van der Waals surface area contributed by atoms with Gasteiger partial charge in [-0.05, 0) is 32.6 Å². The molecular formula is C19H30N4O. The first kappa shape index (κ1) is 17.2. The van der Waals surface area contributed by atoms with Gasteiger partial charge in [0.15, 0.2) is 0 Å². The molecule has 0 bridgehead atoms. The normalized spacial score (nSPS) is 17.8. The number of carbonyl (C=O) groups is 1. The van der Waals surface area contributed by atoms with Crippen LogP contribution in [0.4, 0.5) is 5.82 Å². The lowest BCUT2D eigenvalue weighted by Crippen LogP contribution is -2.39. The molecule has 5 heteroatoms. The Kier molecular flexibility index (Phi) is 5.69. The number of aromatic nitrogens is 2.